The van der Waals surface area contributed by atoms with E-state index in [1.54, 1.807) is 12.4 Å². The zero-order valence-corrected chi connectivity index (χ0v) is 14.2. The SMILES string of the molecule is CC(C)(C)OC(=O)NCC1OCc2c(-c3ccncc3)cccc21. The predicted octanol–water partition coefficient (Wildman–Crippen LogP) is 3.84. The molecule has 0 radical (unpaired) electrons. The van der Waals surface area contributed by atoms with Gasteiger partial charge in [-0.25, -0.2) is 4.79 Å². The molecule has 1 atom stereocenters. The van der Waals surface area contributed by atoms with E-state index in [1.165, 1.54) is 5.56 Å². The number of aromatic nitrogens is 1. The number of rotatable bonds is 3. The first-order valence-corrected chi connectivity index (χ1v) is 8.05. The fraction of sp³-hybridized carbons (Fsp3) is 0.368. The van der Waals surface area contributed by atoms with Gasteiger partial charge in [-0.15, -0.1) is 0 Å². The molecule has 126 valence electrons. The van der Waals surface area contributed by atoms with E-state index in [2.05, 4.69) is 22.4 Å². The summed E-state index contributed by atoms with van der Waals surface area (Å²) in [7, 11) is 0. The van der Waals surface area contributed by atoms with Crippen molar-refractivity contribution in [1.29, 1.82) is 0 Å². The molecule has 2 heterocycles. The van der Waals surface area contributed by atoms with Crippen molar-refractivity contribution in [3.63, 3.8) is 0 Å². The lowest BCUT2D eigenvalue weighted by molar-refractivity contribution is 0.0395. The molecule has 0 spiro atoms. The predicted molar refractivity (Wildman–Crippen MR) is 91.4 cm³/mol. The third-order valence-corrected chi connectivity index (χ3v) is 3.81. The summed E-state index contributed by atoms with van der Waals surface area (Å²) in [5.74, 6) is 0. The summed E-state index contributed by atoms with van der Waals surface area (Å²) < 4.78 is 11.1. The molecule has 1 amide bonds. The van der Waals surface area contributed by atoms with Gasteiger partial charge in [-0.2, -0.15) is 0 Å². The van der Waals surface area contributed by atoms with Gasteiger partial charge in [0.1, 0.15) is 11.7 Å². The molecular formula is C19H22N2O3. The van der Waals surface area contributed by atoms with Crippen molar-refractivity contribution in [2.24, 2.45) is 0 Å². The first kappa shape index (κ1) is 16.5. The number of carbonyl (C=O) groups excluding carboxylic acids is 1. The van der Waals surface area contributed by atoms with Gasteiger partial charge in [0.05, 0.1) is 13.2 Å². The van der Waals surface area contributed by atoms with Gasteiger partial charge in [0.15, 0.2) is 0 Å². The fourth-order valence-corrected chi connectivity index (χ4v) is 2.80. The Morgan fingerprint density at radius 2 is 2.04 bits per heavy atom. The molecule has 2 aromatic rings. The summed E-state index contributed by atoms with van der Waals surface area (Å²) in [5.41, 5.74) is 4.04. The van der Waals surface area contributed by atoms with E-state index in [0.717, 1.165) is 16.7 Å². The van der Waals surface area contributed by atoms with E-state index in [1.807, 2.05) is 39.0 Å². The van der Waals surface area contributed by atoms with Crippen LogP contribution in [0.15, 0.2) is 42.7 Å². The zero-order valence-electron chi connectivity index (χ0n) is 14.2. The highest BCUT2D eigenvalue weighted by Gasteiger charge is 2.26. The third-order valence-electron chi connectivity index (χ3n) is 3.81. The number of amides is 1. The molecule has 3 rings (SSSR count). The minimum absolute atomic E-state index is 0.158. The van der Waals surface area contributed by atoms with Gasteiger partial charge < -0.3 is 14.8 Å². The summed E-state index contributed by atoms with van der Waals surface area (Å²) in [5, 5.41) is 2.79. The Hall–Kier alpha value is -2.40. The average Bonchev–Trinajstić information content (AvgIpc) is 2.95. The monoisotopic (exact) mass is 326 g/mol. The summed E-state index contributed by atoms with van der Waals surface area (Å²) in [6.45, 7) is 6.45. The van der Waals surface area contributed by atoms with Crippen molar-refractivity contribution < 1.29 is 14.3 Å². The Morgan fingerprint density at radius 3 is 2.75 bits per heavy atom. The van der Waals surface area contributed by atoms with Crippen LogP contribution in [-0.4, -0.2) is 23.2 Å². The molecule has 1 unspecified atom stereocenters. The Morgan fingerprint density at radius 1 is 1.29 bits per heavy atom. The molecule has 5 heteroatoms. The van der Waals surface area contributed by atoms with Crippen LogP contribution in [0.2, 0.25) is 0 Å². The van der Waals surface area contributed by atoms with Gasteiger partial charge in [0.2, 0.25) is 0 Å². The zero-order chi connectivity index (χ0) is 17.2. The van der Waals surface area contributed by atoms with Crippen LogP contribution in [0.4, 0.5) is 4.79 Å². The van der Waals surface area contributed by atoms with Crippen LogP contribution in [0, 0.1) is 0 Å². The summed E-state index contributed by atoms with van der Waals surface area (Å²) in [6, 6.07) is 10.1. The molecule has 0 bridgehead atoms. The topological polar surface area (TPSA) is 60.5 Å². The van der Waals surface area contributed by atoms with Crippen molar-refractivity contribution >= 4 is 6.09 Å². The molecule has 0 aliphatic carbocycles. The Bertz CT molecular complexity index is 723. The van der Waals surface area contributed by atoms with Crippen LogP contribution in [0.25, 0.3) is 11.1 Å². The second kappa shape index (κ2) is 6.61. The second-order valence-electron chi connectivity index (χ2n) is 6.79. The van der Waals surface area contributed by atoms with Crippen LogP contribution in [0.3, 0.4) is 0 Å². The van der Waals surface area contributed by atoms with Gasteiger partial charge in [0.25, 0.3) is 0 Å². The number of fused-ring (bicyclic) bond motifs is 1. The lowest BCUT2D eigenvalue weighted by Crippen LogP contribution is -2.34. The minimum atomic E-state index is -0.507. The Kier molecular flexibility index (Phi) is 4.53. The van der Waals surface area contributed by atoms with Crippen molar-refractivity contribution in [1.82, 2.24) is 10.3 Å². The van der Waals surface area contributed by atoms with Gasteiger partial charge in [-0.1, -0.05) is 18.2 Å². The van der Waals surface area contributed by atoms with Crippen LogP contribution < -0.4 is 5.32 Å². The first-order valence-electron chi connectivity index (χ1n) is 8.05. The average molecular weight is 326 g/mol. The third kappa shape index (κ3) is 3.74. The normalized spacial score (nSPS) is 16.5. The number of ether oxygens (including phenoxy) is 2. The van der Waals surface area contributed by atoms with Gasteiger partial charge in [0, 0.05) is 12.4 Å². The first-order chi connectivity index (χ1) is 11.4. The maximum atomic E-state index is 11.8. The quantitative estimate of drug-likeness (QED) is 0.931. The molecule has 1 N–H and O–H groups in total. The largest absolute Gasteiger partial charge is 0.444 e. The summed E-state index contributed by atoms with van der Waals surface area (Å²) >= 11 is 0. The highest BCUT2D eigenvalue weighted by molar-refractivity contribution is 5.70. The molecule has 5 nitrogen and oxygen atoms in total. The molecule has 0 saturated heterocycles. The molecule has 24 heavy (non-hydrogen) atoms. The smallest absolute Gasteiger partial charge is 0.407 e. The van der Waals surface area contributed by atoms with E-state index in [4.69, 9.17) is 9.47 Å². The van der Waals surface area contributed by atoms with Crippen molar-refractivity contribution in [2.45, 2.75) is 39.1 Å². The van der Waals surface area contributed by atoms with Crippen LogP contribution in [0.1, 0.15) is 38.0 Å². The van der Waals surface area contributed by atoms with Crippen LogP contribution in [-0.2, 0) is 16.1 Å². The van der Waals surface area contributed by atoms with Crippen molar-refractivity contribution in [3.8, 4) is 11.1 Å². The van der Waals surface area contributed by atoms with Crippen LogP contribution >= 0.6 is 0 Å². The van der Waals surface area contributed by atoms with E-state index >= 15 is 0 Å². The van der Waals surface area contributed by atoms with Crippen molar-refractivity contribution in [2.75, 3.05) is 6.54 Å². The van der Waals surface area contributed by atoms with E-state index < -0.39 is 11.7 Å². The van der Waals surface area contributed by atoms with Gasteiger partial charge in [-0.05, 0) is 55.2 Å². The molecular weight excluding hydrogens is 304 g/mol. The lowest BCUT2D eigenvalue weighted by Gasteiger charge is -2.20. The van der Waals surface area contributed by atoms with E-state index in [-0.39, 0.29) is 6.10 Å². The summed E-state index contributed by atoms with van der Waals surface area (Å²) in [4.78, 5) is 15.9. The maximum Gasteiger partial charge on any atom is 0.407 e. The molecule has 1 aliphatic heterocycles. The minimum Gasteiger partial charge on any atom is -0.444 e. The highest BCUT2D eigenvalue weighted by Crippen LogP contribution is 2.36. The molecule has 1 aliphatic rings. The highest BCUT2D eigenvalue weighted by atomic mass is 16.6. The molecule has 0 saturated carbocycles. The fourth-order valence-electron chi connectivity index (χ4n) is 2.80. The molecule has 1 aromatic carbocycles. The van der Waals surface area contributed by atoms with E-state index in [9.17, 15) is 4.79 Å². The Labute approximate surface area is 142 Å². The number of nitrogens with zero attached hydrogens (tertiary/aromatic N) is 1. The number of carbonyl (C=O) groups is 1. The molecule has 1 aromatic heterocycles. The second-order valence-corrected chi connectivity index (χ2v) is 6.79. The Balaban J connectivity index is 1.73. The molecule has 0 fully saturated rings. The van der Waals surface area contributed by atoms with E-state index in [0.29, 0.717) is 13.2 Å². The number of pyridine rings is 1. The van der Waals surface area contributed by atoms with Crippen LogP contribution in [0.5, 0.6) is 0 Å². The number of hydrogen-bond donors (Lipinski definition) is 1. The number of hydrogen-bond acceptors (Lipinski definition) is 4. The maximum absolute atomic E-state index is 11.8. The standard InChI is InChI=1S/C19H22N2O3/c1-19(2,3)24-18(22)21-11-17-15-6-4-5-14(16(15)12-23-17)13-7-9-20-10-8-13/h4-10,17H,11-12H2,1-3H3,(H,21,22). The number of benzene rings is 1. The lowest BCUT2D eigenvalue weighted by atomic mass is 9.95. The summed E-state index contributed by atoms with van der Waals surface area (Å²) in [6.07, 6.45) is 2.98. The number of alkyl carbamates (subject to hydrolysis) is 1. The van der Waals surface area contributed by atoms with Crippen molar-refractivity contribution in [3.05, 3.63) is 53.9 Å². The number of nitrogens with one attached hydrogen (secondary N) is 1. The van der Waals surface area contributed by atoms with Gasteiger partial charge >= 0.3 is 6.09 Å². The van der Waals surface area contributed by atoms with Gasteiger partial charge in [-0.3, -0.25) is 4.98 Å².